The number of hydrogen-bond acceptors (Lipinski definition) is 5. The van der Waals surface area contributed by atoms with E-state index < -0.39 is 6.09 Å². The van der Waals surface area contributed by atoms with E-state index in [2.05, 4.69) is 5.10 Å². The average molecular weight is 271 g/mol. The molecule has 0 saturated heterocycles. The maximum Gasteiger partial charge on any atom is 0.416 e. The van der Waals surface area contributed by atoms with Crippen LogP contribution in [-0.2, 0) is 17.9 Å². The predicted molar refractivity (Wildman–Crippen MR) is 69.5 cm³/mol. The van der Waals surface area contributed by atoms with Crippen LogP contribution < -0.4 is 9.47 Å². The van der Waals surface area contributed by atoms with E-state index in [0.717, 1.165) is 6.42 Å². The number of carbonyl (C=O) groups is 1. The van der Waals surface area contributed by atoms with Crippen molar-refractivity contribution in [2.24, 2.45) is 0 Å². The summed E-state index contributed by atoms with van der Waals surface area (Å²) in [6, 6.07) is 0. The lowest BCUT2D eigenvalue weighted by atomic mass is 10.4. The minimum atomic E-state index is -0.473. The summed E-state index contributed by atoms with van der Waals surface area (Å²) >= 11 is 0. The third-order valence-electron chi connectivity index (χ3n) is 2.40. The van der Waals surface area contributed by atoms with Crippen LogP contribution in [0.15, 0.2) is 0 Å². The molecule has 7 nitrogen and oxygen atoms in total. The van der Waals surface area contributed by atoms with Crippen LogP contribution in [0.2, 0.25) is 0 Å². The Labute approximate surface area is 113 Å². The van der Waals surface area contributed by atoms with Crippen LogP contribution in [0.4, 0.5) is 4.79 Å². The molecule has 0 aromatic carbocycles. The second kappa shape index (κ2) is 6.98. The normalized spacial score (nSPS) is 10.4. The van der Waals surface area contributed by atoms with Gasteiger partial charge in [0.05, 0.1) is 13.7 Å². The van der Waals surface area contributed by atoms with Crippen LogP contribution >= 0.6 is 0 Å². The number of aryl methyl sites for hydroxylation is 1. The van der Waals surface area contributed by atoms with Gasteiger partial charge in [0.25, 0.3) is 5.88 Å². The molecule has 19 heavy (non-hydrogen) atoms. The lowest BCUT2D eigenvalue weighted by Crippen LogP contribution is -2.26. The molecular weight excluding hydrogens is 250 g/mol. The number of aromatic nitrogens is 2. The number of rotatable bonds is 6. The van der Waals surface area contributed by atoms with Crippen molar-refractivity contribution in [1.82, 2.24) is 14.7 Å². The Morgan fingerprint density at radius 2 is 2.05 bits per heavy atom. The van der Waals surface area contributed by atoms with Gasteiger partial charge in [0.1, 0.15) is 5.69 Å². The first-order chi connectivity index (χ1) is 9.04. The Balaban J connectivity index is 3.12. The first-order valence-corrected chi connectivity index (χ1v) is 6.06. The van der Waals surface area contributed by atoms with E-state index in [-0.39, 0.29) is 0 Å². The molecule has 0 atom stereocenters. The molecule has 0 radical (unpaired) electrons. The van der Waals surface area contributed by atoms with Gasteiger partial charge in [-0.3, -0.25) is 0 Å². The molecule has 0 bridgehead atoms. The Bertz CT molecular complexity index is 429. The van der Waals surface area contributed by atoms with Crippen molar-refractivity contribution in [3.63, 3.8) is 0 Å². The molecule has 0 aliphatic carbocycles. The first kappa shape index (κ1) is 15.3. The van der Waals surface area contributed by atoms with Crippen LogP contribution in [0.3, 0.4) is 0 Å². The van der Waals surface area contributed by atoms with Gasteiger partial charge in [-0.15, -0.1) is 0 Å². The molecule has 1 heterocycles. The van der Waals surface area contributed by atoms with Crippen molar-refractivity contribution in [1.29, 1.82) is 0 Å². The average Bonchev–Trinajstić information content (AvgIpc) is 2.67. The number of nitrogens with zero attached hydrogens (tertiary/aromatic N) is 3. The first-order valence-electron chi connectivity index (χ1n) is 6.06. The van der Waals surface area contributed by atoms with Crippen molar-refractivity contribution >= 4 is 6.09 Å². The van der Waals surface area contributed by atoms with Gasteiger partial charge in [0, 0.05) is 27.7 Å². The molecule has 0 unspecified atom stereocenters. The summed E-state index contributed by atoms with van der Waals surface area (Å²) in [5.74, 6) is 0.751. The molecule has 1 amide bonds. The number of amides is 1. The maximum absolute atomic E-state index is 11.7. The fraction of sp³-hybridized carbons (Fsp3) is 0.667. The number of methoxy groups -OCH3 is 2. The van der Waals surface area contributed by atoms with E-state index in [4.69, 9.17) is 14.2 Å². The van der Waals surface area contributed by atoms with Gasteiger partial charge >= 0.3 is 6.09 Å². The molecule has 0 saturated carbocycles. The zero-order chi connectivity index (χ0) is 14.4. The highest BCUT2D eigenvalue weighted by Crippen LogP contribution is 2.32. The maximum atomic E-state index is 11.7. The molecule has 1 rings (SSSR count). The highest BCUT2D eigenvalue weighted by Gasteiger charge is 2.23. The summed E-state index contributed by atoms with van der Waals surface area (Å²) in [6.45, 7) is 2.95. The second-order valence-electron chi connectivity index (χ2n) is 4.20. The summed E-state index contributed by atoms with van der Waals surface area (Å²) in [6.07, 6.45) is 0.392. The Hall–Kier alpha value is -1.76. The molecule has 1 aromatic rings. The lowest BCUT2D eigenvalue weighted by Gasteiger charge is -2.12. The van der Waals surface area contributed by atoms with Crippen LogP contribution in [-0.4, -0.2) is 49.1 Å². The van der Waals surface area contributed by atoms with Crippen molar-refractivity contribution in [3.05, 3.63) is 5.69 Å². The summed E-state index contributed by atoms with van der Waals surface area (Å²) in [5, 5.41) is 4.34. The van der Waals surface area contributed by atoms with E-state index in [9.17, 15) is 4.79 Å². The van der Waals surface area contributed by atoms with Crippen LogP contribution in [0.25, 0.3) is 0 Å². The molecule has 0 spiro atoms. The molecule has 0 aliphatic heterocycles. The molecule has 7 heteroatoms. The standard InChI is InChI=1S/C12H21N3O4/c1-6-7-15-11(19-12(16)14(2)3)10(18-5)9(13-15)8-17-4/h6-8H2,1-5H3. The van der Waals surface area contributed by atoms with E-state index in [1.165, 1.54) is 12.0 Å². The van der Waals surface area contributed by atoms with Gasteiger partial charge < -0.3 is 19.1 Å². The molecule has 0 aliphatic rings. The fourth-order valence-electron chi connectivity index (χ4n) is 1.55. The quantitative estimate of drug-likeness (QED) is 0.784. The molecular formula is C12H21N3O4. The van der Waals surface area contributed by atoms with Gasteiger partial charge in [-0.2, -0.15) is 5.10 Å². The second-order valence-corrected chi connectivity index (χ2v) is 4.20. The van der Waals surface area contributed by atoms with E-state index in [1.54, 1.807) is 25.9 Å². The Morgan fingerprint density at radius 3 is 2.53 bits per heavy atom. The number of ether oxygens (including phenoxy) is 3. The van der Waals surface area contributed by atoms with Gasteiger partial charge in [-0.1, -0.05) is 6.92 Å². The van der Waals surface area contributed by atoms with Crippen LogP contribution in [0, 0.1) is 0 Å². The van der Waals surface area contributed by atoms with Crippen LogP contribution in [0.5, 0.6) is 11.6 Å². The minimum Gasteiger partial charge on any atom is -0.490 e. The van der Waals surface area contributed by atoms with E-state index in [0.29, 0.717) is 30.5 Å². The van der Waals surface area contributed by atoms with Gasteiger partial charge in [-0.25, -0.2) is 9.48 Å². The Morgan fingerprint density at radius 1 is 1.37 bits per heavy atom. The van der Waals surface area contributed by atoms with Gasteiger partial charge in [0.15, 0.2) is 0 Å². The summed E-state index contributed by atoms with van der Waals surface area (Å²) in [4.78, 5) is 13.0. The topological polar surface area (TPSA) is 65.8 Å². The number of hydrogen-bond donors (Lipinski definition) is 0. The minimum absolute atomic E-state index is 0.298. The van der Waals surface area contributed by atoms with Crippen molar-refractivity contribution in [2.75, 3.05) is 28.3 Å². The van der Waals surface area contributed by atoms with Crippen molar-refractivity contribution < 1.29 is 19.0 Å². The lowest BCUT2D eigenvalue weighted by molar-refractivity contribution is 0.164. The molecule has 1 aromatic heterocycles. The largest absolute Gasteiger partial charge is 0.490 e. The highest BCUT2D eigenvalue weighted by molar-refractivity contribution is 5.70. The molecule has 0 fully saturated rings. The van der Waals surface area contributed by atoms with E-state index in [1.807, 2.05) is 6.92 Å². The smallest absolute Gasteiger partial charge is 0.416 e. The van der Waals surface area contributed by atoms with Crippen molar-refractivity contribution in [3.8, 4) is 11.6 Å². The summed E-state index contributed by atoms with van der Waals surface area (Å²) in [5.41, 5.74) is 0.611. The van der Waals surface area contributed by atoms with Gasteiger partial charge in [-0.05, 0) is 6.42 Å². The van der Waals surface area contributed by atoms with Crippen LogP contribution in [0.1, 0.15) is 19.0 Å². The predicted octanol–water partition coefficient (Wildman–Crippen LogP) is 1.51. The fourth-order valence-corrected chi connectivity index (χ4v) is 1.55. The summed E-state index contributed by atoms with van der Waals surface area (Å²) in [7, 11) is 6.32. The van der Waals surface area contributed by atoms with E-state index >= 15 is 0 Å². The molecule has 108 valence electrons. The highest BCUT2D eigenvalue weighted by atomic mass is 16.6. The zero-order valence-corrected chi connectivity index (χ0v) is 12.1. The molecule has 0 N–H and O–H groups in total. The third-order valence-corrected chi connectivity index (χ3v) is 2.40. The number of carbonyl (C=O) groups excluding carboxylic acids is 1. The summed E-state index contributed by atoms with van der Waals surface area (Å²) < 4.78 is 17.3. The zero-order valence-electron chi connectivity index (χ0n) is 12.1. The van der Waals surface area contributed by atoms with Crippen molar-refractivity contribution in [2.45, 2.75) is 26.5 Å². The van der Waals surface area contributed by atoms with Gasteiger partial charge in [0.2, 0.25) is 5.75 Å². The SMILES string of the molecule is CCCn1nc(COC)c(OC)c1OC(=O)N(C)C. The monoisotopic (exact) mass is 271 g/mol. The third kappa shape index (κ3) is 3.60. The Kier molecular flexibility index (Phi) is 5.62.